The van der Waals surface area contributed by atoms with E-state index in [1.165, 1.54) is 19.2 Å². The maximum Gasteiger partial charge on any atom is 0.343 e. The van der Waals surface area contributed by atoms with E-state index in [-0.39, 0.29) is 11.7 Å². The Morgan fingerprint density at radius 1 is 1.43 bits per heavy atom. The Morgan fingerprint density at radius 2 is 2.17 bits per heavy atom. The number of carbonyl (C=O) groups is 1. The molecule has 1 atom stereocenters. The van der Waals surface area contributed by atoms with Gasteiger partial charge in [-0.15, -0.1) is 5.10 Å². The second-order valence-electron chi connectivity index (χ2n) is 5.33. The van der Waals surface area contributed by atoms with Gasteiger partial charge < -0.3 is 5.32 Å². The summed E-state index contributed by atoms with van der Waals surface area (Å²) in [5.74, 6) is -1.80. The number of hydrogen-bond acceptors (Lipinski definition) is 3. The zero-order valence-corrected chi connectivity index (χ0v) is 12.9. The van der Waals surface area contributed by atoms with Gasteiger partial charge >= 0.3 is 5.69 Å². The Hall–Kier alpha value is -2.51. The zero-order valence-electron chi connectivity index (χ0n) is 12.9. The number of benzene rings is 1. The Morgan fingerprint density at radius 3 is 2.74 bits per heavy atom. The lowest BCUT2D eigenvalue weighted by Gasteiger charge is -2.15. The van der Waals surface area contributed by atoms with Crippen molar-refractivity contribution < 1.29 is 13.6 Å². The van der Waals surface area contributed by atoms with Crippen LogP contribution in [-0.2, 0) is 13.5 Å². The lowest BCUT2D eigenvalue weighted by Crippen LogP contribution is -2.31. The number of H-pyrrole nitrogens is 1. The predicted molar refractivity (Wildman–Crippen MR) is 80.0 cm³/mol. The maximum absolute atomic E-state index is 13.7. The van der Waals surface area contributed by atoms with Crippen molar-refractivity contribution >= 4 is 5.91 Å². The van der Waals surface area contributed by atoms with Crippen LogP contribution in [0.5, 0.6) is 0 Å². The number of nitrogens with one attached hydrogen (secondary N) is 2. The van der Waals surface area contributed by atoms with E-state index in [1.807, 2.05) is 6.92 Å². The Labute approximate surface area is 131 Å². The van der Waals surface area contributed by atoms with E-state index in [0.29, 0.717) is 24.9 Å². The van der Waals surface area contributed by atoms with Crippen molar-refractivity contribution in [3.05, 3.63) is 51.7 Å². The molecule has 0 saturated heterocycles. The highest BCUT2D eigenvalue weighted by Crippen LogP contribution is 2.16. The fourth-order valence-electron chi connectivity index (χ4n) is 2.18. The summed E-state index contributed by atoms with van der Waals surface area (Å²) in [6.07, 6.45) is 1.08. The molecule has 1 aromatic carbocycles. The van der Waals surface area contributed by atoms with Gasteiger partial charge in [0, 0.05) is 19.7 Å². The highest BCUT2D eigenvalue weighted by atomic mass is 19.1. The summed E-state index contributed by atoms with van der Waals surface area (Å²) in [5.41, 5.74) is -0.0747. The molecule has 23 heavy (non-hydrogen) atoms. The molecule has 0 radical (unpaired) electrons. The number of aryl methyl sites for hydroxylation is 1. The van der Waals surface area contributed by atoms with Crippen molar-refractivity contribution in [1.29, 1.82) is 0 Å². The number of aromatic nitrogens is 3. The third-order valence-corrected chi connectivity index (χ3v) is 3.64. The Bertz CT molecular complexity index is 754. The van der Waals surface area contributed by atoms with Crippen LogP contribution in [-0.4, -0.2) is 27.2 Å². The molecular weight excluding hydrogens is 306 g/mol. The summed E-state index contributed by atoms with van der Waals surface area (Å²) in [5, 5.41) is 6.42. The topological polar surface area (TPSA) is 79.8 Å². The molecule has 0 saturated carbocycles. The van der Waals surface area contributed by atoms with Gasteiger partial charge in [0.2, 0.25) is 5.82 Å². The molecule has 0 aliphatic carbocycles. The van der Waals surface area contributed by atoms with E-state index in [0.717, 1.165) is 10.7 Å². The van der Waals surface area contributed by atoms with Gasteiger partial charge in [0.1, 0.15) is 11.6 Å². The lowest BCUT2D eigenvalue weighted by molar-refractivity contribution is 0.0936. The van der Waals surface area contributed by atoms with Crippen LogP contribution in [0, 0.1) is 17.6 Å². The van der Waals surface area contributed by atoms with Crippen LogP contribution in [0.4, 0.5) is 8.78 Å². The summed E-state index contributed by atoms with van der Waals surface area (Å²) >= 11 is 0. The zero-order chi connectivity index (χ0) is 17.0. The van der Waals surface area contributed by atoms with Crippen LogP contribution in [0.25, 0.3) is 0 Å². The standard InChI is InChI=1S/C15H18F2N4O2/c1-3-9(6-10-4-5-11(16)7-12(10)17)8-18-14(22)13-19-15(23)21(2)20-13/h4-5,7,9H,3,6,8H2,1-2H3,(H,18,22)(H,19,20,23). The van der Waals surface area contributed by atoms with Gasteiger partial charge in [-0.2, -0.15) is 0 Å². The summed E-state index contributed by atoms with van der Waals surface area (Å²) in [7, 11) is 1.43. The van der Waals surface area contributed by atoms with Crippen LogP contribution >= 0.6 is 0 Å². The van der Waals surface area contributed by atoms with E-state index >= 15 is 0 Å². The molecule has 1 heterocycles. The minimum Gasteiger partial charge on any atom is -0.349 e. The third-order valence-electron chi connectivity index (χ3n) is 3.64. The molecule has 1 amide bonds. The number of halogens is 2. The summed E-state index contributed by atoms with van der Waals surface area (Å²) in [6, 6.07) is 3.47. The summed E-state index contributed by atoms with van der Waals surface area (Å²) in [6.45, 7) is 2.21. The average Bonchev–Trinajstić information content (AvgIpc) is 2.85. The molecule has 0 aliphatic heterocycles. The van der Waals surface area contributed by atoms with Crippen LogP contribution < -0.4 is 11.0 Å². The smallest absolute Gasteiger partial charge is 0.343 e. The molecular formula is C15H18F2N4O2. The number of amides is 1. The van der Waals surface area contributed by atoms with Crippen molar-refractivity contribution in [2.75, 3.05) is 6.54 Å². The second kappa shape index (κ2) is 7.17. The molecule has 0 fully saturated rings. The minimum absolute atomic E-state index is 0.0191. The fraction of sp³-hybridized carbons (Fsp3) is 0.400. The van der Waals surface area contributed by atoms with Crippen molar-refractivity contribution in [2.24, 2.45) is 13.0 Å². The maximum atomic E-state index is 13.7. The van der Waals surface area contributed by atoms with E-state index in [2.05, 4.69) is 15.4 Å². The summed E-state index contributed by atoms with van der Waals surface area (Å²) in [4.78, 5) is 25.5. The molecule has 1 aromatic heterocycles. The Kier molecular flexibility index (Phi) is 5.25. The normalized spacial score (nSPS) is 12.2. The number of aromatic amines is 1. The van der Waals surface area contributed by atoms with E-state index < -0.39 is 23.2 Å². The fourth-order valence-corrected chi connectivity index (χ4v) is 2.18. The summed E-state index contributed by atoms with van der Waals surface area (Å²) < 4.78 is 27.6. The molecule has 2 aromatic rings. The highest BCUT2D eigenvalue weighted by molar-refractivity contribution is 5.90. The van der Waals surface area contributed by atoms with E-state index in [1.54, 1.807) is 0 Å². The van der Waals surface area contributed by atoms with Crippen molar-refractivity contribution in [3.8, 4) is 0 Å². The minimum atomic E-state index is -0.619. The molecule has 2 N–H and O–H groups in total. The van der Waals surface area contributed by atoms with Gasteiger partial charge in [-0.1, -0.05) is 19.4 Å². The average molecular weight is 324 g/mol. The highest BCUT2D eigenvalue weighted by Gasteiger charge is 2.16. The van der Waals surface area contributed by atoms with Gasteiger partial charge in [-0.3, -0.25) is 9.78 Å². The SMILES string of the molecule is CCC(CNC(=O)c1nn(C)c(=O)[nH]1)Cc1ccc(F)cc1F. The van der Waals surface area contributed by atoms with Gasteiger partial charge in [-0.05, 0) is 24.0 Å². The monoisotopic (exact) mass is 324 g/mol. The van der Waals surface area contributed by atoms with Gasteiger partial charge in [0.05, 0.1) is 0 Å². The molecule has 124 valence electrons. The first-order valence-electron chi connectivity index (χ1n) is 7.26. The van der Waals surface area contributed by atoms with Crippen LogP contribution in [0.3, 0.4) is 0 Å². The van der Waals surface area contributed by atoms with Gasteiger partial charge in [0.15, 0.2) is 0 Å². The second-order valence-corrected chi connectivity index (χ2v) is 5.33. The van der Waals surface area contributed by atoms with E-state index in [4.69, 9.17) is 0 Å². The first-order valence-corrected chi connectivity index (χ1v) is 7.26. The van der Waals surface area contributed by atoms with Gasteiger partial charge in [-0.25, -0.2) is 18.3 Å². The van der Waals surface area contributed by atoms with Crippen molar-refractivity contribution in [1.82, 2.24) is 20.1 Å². The van der Waals surface area contributed by atoms with Crippen molar-refractivity contribution in [3.63, 3.8) is 0 Å². The first kappa shape index (κ1) is 16.9. The number of rotatable bonds is 6. The molecule has 0 spiro atoms. The van der Waals surface area contributed by atoms with Crippen molar-refractivity contribution in [2.45, 2.75) is 19.8 Å². The number of hydrogen-bond donors (Lipinski definition) is 2. The molecule has 0 bridgehead atoms. The predicted octanol–water partition coefficient (Wildman–Crippen LogP) is 1.39. The molecule has 0 aliphatic rings. The van der Waals surface area contributed by atoms with Crippen LogP contribution in [0.15, 0.2) is 23.0 Å². The lowest BCUT2D eigenvalue weighted by atomic mass is 9.96. The van der Waals surface area contributed by atoms with Crippen LogP contribution in [0.2, 0.25) is 0 Å². The number of nitrogens with zero attached hydrogens (tertiary/aromatic N) is 2. The quantitative estimate of drug-likeness (QED) is 0.842. The largest absolute Gasteiger partial charge is 0.349 e. The number of carbonyl (C=O) groups excluding carboxylic acids is 1. The van der Waals surface area contributed by atoms with E-state index in [9.17, 15) is 18.4 Å². The van der Waals surface area contributed by atoms with Gasteiger partial charge in [0.25, 0.3) is 5.91 Å². The Balaban J connectivity index is 1.96. The first-order chi connectivity index (χ1) is 10.9. The molecule has 2 rings (SSSR count). The molecule has 6 nitrogen and oxygen atoms in total. The molecule has 8 heteroatoms. The van der Waals surface area contributed by atoms with Crippen LogP contribution in [0.1, 0.15) is 29.5 Å². The molecule has 1 unspecified atom stereocenters. The third kappa shape index (κ3) is 4.24.